The number of likely N-dealkylation sites (tertiary alicyclic amines) is 1. The average molecular weight is 267 g/mol. The standard InChI is InChI=1S/C12H17N3O4/c1-7-3-9(10(16)17)6-15(5-7)12(18)14-11-13-4-8(2)19-11/h4,7,9H,3,5-6H2,1-2H3,(H,16,17)(H,13,14,18). The van der Waals surface area contributed by atoms with E-state index in [0.717, 1.165) is 0 Å². The Kier molecular flexibility index (Phi) is 3.73. The quantitative estimate of drug-likeness (QED) is 0.847. The zero-order chi connectivity index (χ0) is 14.0. The summed E-state index contributed by atoms with van der Waals surface area (Å²) in [5.74, 6) is -0.616. The second-order valence-electron chi connectivity index (χ2n) is 4.99. The minimum atomic E-state index is -0.865. The predicted octanol–water partition coefficient (Wildman–Crippen LogP) is 1.56. The third-order valence-electron chi connectivity index (χ3n) is 3.13. The molecule has 7 heteroatoms. The summed E-state index contributed by atoms with van der Waals surface area (Å²) in [5.41, 5.74) is 0. The molecule has 2 atom stereocenters. The molecule has 0 bridgehead atoms. The van der Waals surface area contributed by atoms with E-state index in [-0.39, 0.29) is 24.5 Å². The number of hydrogen-bond donors (Lipinski definition) is 2. The molecule has 1 aliphatic heterocycles. The molecule has 7 nitrogen and oxygen atoms in total. The van der Waals surface area contributed by atoms with E-state index < -0.39 is 11.9 Å². The highest BCUT2D eigenvalue weighted by Gasteiger charge is 2.32. The first-order valence-electron chi connectivity index (χ1n) is 6.17. The molecule has 1 saturated heterocycles. The van der Waals surface area contributed by atoms with Gasteiger partial charge < -0.3 is 14.4 Å². The Hall–Kier alpha value is -2.05. The molecular formula is C12H17N3O4. The van der Waals surface area contributed by atoms with Crippen molar-refractivity contribution in [1.29, 1.82) is 0 Å². The smallest absolute Gasteiger partial charge is 0.325 e. The van der Waals surface area contributed by atoms with E-state index in [2.05, 4.69) is 10.3 Å². The lowest BCUT2D eigenvalue weighted by Crippen LogP contribution is -2.47. The van der Waals surface area contributed by atoms with Crippen LogP contribution in [0.3, 0.4) is 0 Å². The fourth-order valence-corrected chi connectivity index (χ4v) is 2.28. The molecule has 2 rings (SSSR count). The Morgan fingerprint density at radius 1 is 1.53 bits per heavy atom. The number of aromatic nitrogens is 1. The number of anilines is 1. The van der Waals surface area contributed by atoms with Crippen molar-refractivity contribution in [3.63, 3.8) is 0 Å². The lowest BCUT2D eigenvalue weighted by molar-refractivity contribution is -0.143. The maximum absolute atomic E-state index is 12.0. The van der Waals surface area contributed by atoms with E-state index in [1.807, 2.05) is 6.92 Å². The first-order valence-corrected chi connectivity index (χ1v) is 6.17. The van der Waals surface area contributed by atoms with Gasteiger partial charge in [-0.3, -0.25) is 10.1 Å². The van der Waals surface area contributed by atoms with Crippen molar-refractivity contribution < 1.29 is 19.1 Å². The largest absolute Gasteiger partial charge is 0.481 e. The lowest BCUT2D eigenvalue weighted by Gasteiger charge is -2.34. The number of aryl methyl sites for hydroxylation is 1. The zero-order valence-corrected chi connectivity index (χ0v) is 10.9. The van der Waals surface area contributed by atoms with Gasteiger partial charge in [-0.25, -0.2) is 9.78 Å². The van der Waals surface area contributed by atoms with Crippen LogP contribution in [0.5, 0.6) is 0 Å². The van der Waals surface area contributed by atoms with Crippen LogP contribution in [0.25, 0.3) is 0 Å². The molecule has 1 fully saturated rings. The van der Waals surface area contributed by atoms with E-state index >= 15 is 0 Å². The molecule has 104 valence electrons. The molecule has 0 radical (unpaired) electrons. The summed E-state index contributed by atoms with van der Waals surface area (Å²) in [4.78, 5) is 28.4. The Morgan fingerprint density at radius 2 is 2.26 bits per heavy atom. The Bertz CT molecular complexity index is 485. The van der Waals surface area contributed by atoms with Gasteiger partial charge in [0.15, 0.2) is 0 Å². The van der Waals surface area contributed by atoms with Crippen LogP contribution in [0, 0.1) is 18.8 Å². The van der Waals surface area contributed by atoms with Crippen LogP contribution in [0.15, 0.2) is 10.6 Å². The van der Waals surface area contributed by atoms with E-state index in [1.165, 1.54) is 11.1 Å². The van der Waals surface area contributed by atoms with Crippen molar-refractivity contribution in [2.75, 3.05) is 18.4 Å². The predicted molar refractivity (Wildman–Crippen MR) is 66.7 cm³/mol. The maximum Gasteiger partial charge on any atom is 0.325 e. The van der Waals surface area contributed by atoms with Crippen molar-refractivity contribution in [3.8, 4) is 0 Å². The summed E-state index contributed by atoms with van der Waals surface area (Å²) in [6.45, 7) is 4.41. The van der Waals surface area contributed by atoms with Gasteiger partial charge in [0, 0.05) is 13.1 Å². The number of nitrogens with one attached hydrogen (secondary N) is 1. The van der Waals surface area contributed by atoms with Crippen molar-refractivity contribution in [1.82, 2.24) is 9.88 Å². The Morgan fingerprint density at radius 3 is 2.84 bits per heavy atom. The second-order valence-corrected chi connectivity index (χ2v) is 4.99. The molecule has 2 heterocycles. The van der Waals surface area contributed by atoms with Crippen LogP contribution in [-0.4, -0.2) is 40.1 Å². The number of piperidine rings is 1. The molecule has 2 N–H and O–H groups in total. The number of urea groups is 1. The van der Waals surface area contributed by atoms with E-state index in [0.29, 0.717) is 18.7 Å². The van der Waals surface area contributed by atoms with Crippen LogP contribution in [0.4, 0.5) is 10.8 Å². The summed E-state index contributed by atoms with van der Waals surface area (Å²) in [5, 5.41) is 11.6. The van der Waals surface area contributed by atoms with Gasteiger partial charge in [-0.2, -0.15) is 0 Å². The molecule has 0 aliphatic carbocycles. The molecule has 0 spiro atoms. The summed E-state index contributed by atoms with van der Waals surface area (Å²) in [6, 6.07) is -0.243. The fourth-order valence-electron chi connectivity index (χ4n) is 2.28. The van der Waals surface area contributed by atoms with Gasteiger partial charge >= 0.3 is 18.0 Å². The highest BCUT2D eigenvalue weighted by molar-refractivity contribution is 5.87. The van der Waals surface area contributed by atoms with Gasteiger partial charge in [0.25, 0.3) is 0 Å². The number of oxazole rings is 1. The molecule has 19 heavy (non-hydrogen) atoms. The molecule has 0 saturated carbocycles. The van der Waals surface area contributed by atoms with Crippen LogP contribution in [0.1, 0.15) is 19.1 Å². The van der Waals surface area contributed by atoms with Gasteiger partial charge in [0.05, 0.1) is 12.1 Å². The highest BCUT2D eigenvalue weighted by atomic mass is 16.4. The van der Waals surface area contributed by atoms with Gasteiger partial charge in [-0.05, 0) is 19.3 Å². The summed E-state index contributed by atoms with van der Waals surface area (Å²) in [7, 11) is 0. The minimum absolute atomic E-state index is 0.132. The number of hydrogen-bond acceptors (Lipinski definition) is 4. The zero-order valence-electron chi connectivity index (χ0n) is 10.9. The number of rotatable bonds is 2. The van der Waals surface area contributed by atoms with Crippen molar-refractivity contribution in [2.24, 2.45) is 11.8 Å². The van der Waals surface area contributed by atoms with Crippen LogP contribution in [0.2, 0.25) is 0 Å². The van der Waals surface area contributed by atoms with Crippen molar-refractivity contribution in [3.05, 3.63) is 12.0 Å². The van der Waals surface area contributed by atoms with E-state index in [4.69, 9.17) is 9.52 Å². The van der Waals surface area contributed by atoms with Crippen molar-refractivity contribution in [2.45, 2.75) is 20.3 Å². The van der Waals surface area contributed by atoms with E-state index in [9.17, 15) is 9.59 Å². The highest BCUT2D eigenvalue weighted by Crippen LogP contribution is 2.22. The minimum Gasteiger partial charge on any atom is -0.481 e. The maximum atomic E-state index is 12.0. The molecule has 0 aromatic carbocycles. The summed E-state index contributed by atoms with van der Waals surface area (Å²) < 4.78 is 5.16. The van der Waals surface area contributed by atoms with Crippen LogP contribution in [-0.2, 0) is 4.79 Å². The lowest BCUT2D eigenvalue weighted by atomic mass is 9.91. The Balaban J connectivity index is 2.00. The summed E-state index contributed by atoms with van der Waals surface area (Å²) in [6.07, 6.45) is 2.10. The Labute approximate surface area is 110 Å². The van der Waals surface area contributed by atoms with Crippen LogP contribution >= 0.6 is 0 Å². The number of nitrogens with zero attached hydrogens (tertiary/aromatic N) is 2. The summed E-state index contributed by atoms with van der Waals surface area (Å²) >= 11 is 0. The van der Waals surface area contributed by atoms with Gasteiger partial charge in [0.1, 0.15) is 5.76 Å². The average Bonchev–Trinajstić information content (AvgIpc) is 2.73. The normalized spacial score (nSPS) is 23.2. The number of carboxylic acids is 1. The second kappa shape index (κ2) is 5.29. The number of aliphatic carboxylic acids is 1. The first-order chi connectivity index (χ1) is 8.95. The molecule has 1 aromatic heterocycles. The molecule has 1 aromatic rings. The van der Waals surface area contributed by atoms with E-state index in [1.54, 1.807) is 6.92 Å². The number of carbonyl (C=O) groups excluding carboxylic acids is 1. The third kappa shape index (κ3) is 3.24. The number of carboxylic acid groups (broad SMARTS) is 1. The van der Waals surface area contributed by atoms with Gasteiger partial charge in [-0.1, -0.05) is 6.92 Å². The monoisotopic (exact) mass is 267 g/mol. The van der Waals surface area contributed by atoms with Crippen LogP contribution < -0.4 is 5.32 Å². The first kappa shape index (κ1) is 13.4. The third-order valence-corrected chi connectivity index (χ3v) is 3.13. The van der Waals surface area contributed by atoms with Crippen molar-refractivity contribution >= 4 is 18.0 Å². The number of carbonyl (C=O) groups is 2. The van der Waals surface area contributed by atoms with Gasteiger partial charge in [-0.15, -0.1) is 0 Å². The molecule has 2 unspecified atom stereocenters. The SMILES string of the molecule is Cc1cnc(NC(=O)N2CC(C)CC(C(=O)O)C2)o1. The number of amides is 2. The molecule has 1 aliphatic rings. The topological polar surface area (TPSA) is 95.7 Å². The molecular weight excluding hydrogens is 250 g/mol. The van der Waals surface area contributed by atoms with Gasteiger partial charge in [0.2, 0.25) is 0 Å². The molecule has 2 amide bonds. The fraction of sp³-hybridized carbons (Fsp3) is 0.583.